The Morgan fingerprint density at radius 3 is 1.23 bits per heavy atom. The van der Waals surface area contributed by atoms with E-state index in [0.29, 0.717) is 126 Å². The zero-order chi connectivity index (χ0) is 101. The predicted molar refractivity (Wildman–Crippen MR) is 498 cm³/mol. The summed E-state index contributed by atoms with van der Waals surface area (Å²) in [6, 6.07) is 28.8. The summed E-state index contributed by atoms with van der Waals surface area (Å²) in [4.78, 5) is 115. The Balaban J connectivity index is 0.000000152. The van der Waals surface area contributed by atoms with Crippen LogP contribution in [0.15, 0.2) is 140 Å². The second kappa shape index (κ2) is 40.8. The fourth-order valence-corrected chi connectivity index (χ4v) is 19.4. The number of nitrogens with zero attached hydrogens (tertiary/aromatic N) is 12. The summed E-state index contributed by atoms with van der Waals surface area (Å²) < 4.78 is 195. The van der Waals surface area contributed by atoms with Crippen LogP contribution in [0.3, 0.4) is 0 Å². The van der Waals surface area contributed by atoms with Crippen LogP contribution in [0.5, 0.6) is 11.5 Å². The Morgan fingerprint density at radius 2 is 0.851 bits per heavy atom. The van der Waals surface area contributed by atoms with Crippen molar-refractivity contribution >= 4 is 54.0 Å². The molecule has 37 heteroatoms. The van der Waals surface area contributed by atoms with Crippen molar-refractivity contribution in [3.63, 3.8) is 0 Å². The molecule has 0 spiro atoms. The molecule has 0 bridgehead atoms. The largest absolute Gasteiger partial charge is 0.496 e. The lowest BCUT2D eigenvalue weighted by atomic mass is 9.78. The number of hydrogen-bond donors (Lipinski definition) is 0. The van der Waals surface area contributed by atoms with Crippen LogP contribution in [-0.4, -0.2) is 179 Å². The van der Waals surface area contributed by atoms with Crippen LogP contribution in [0.4, 0.5) is 80.5 Å². The Kier molecular flexibility index (Phi) is 29.0. The molecule has 1 unspecified atom stereocenters. The van der Waals surface area contributed by atoms with Crippen LogP contribution in [0.25, 0.3) is 44.5 Å². The number of carbonyl (C=O) groups excluding carboxylic acids is 6. The van der Waals surface area contributed by atoms with Crippen molar-refractivity contribution in [3.8, 4) is 56.0 Å². The summed E-state index contributed by atoms with van der Waals surface area (Å²) in [6.07, 6.45) is -8.52. The number of rotatable bonds is 24. The Morgan fingerprint density at radius 1 is 0.440 bits per heavy atom. The standard InChI is InChI=1S/C36H33F5N4O4.C35H39F3N4O5.C33H35F3N4O5/c1-18-8-23(12-24(9-18)36(39,40)41)32-21(4)45(35(47)49-32)17-31-29(14-42-34(43-31)44-15-25(37)16-44)27-13-28(30(38)11-20(27)3)26-7-6-22(10-19(26)2)33(46)48-5;1-20-14-25(16-26(15-20)35(36,37)38)31-21(2)42(34(44)47-31)19-29-28(18-39-33(40-29)41-12-5-13-41)27-17-24(10-11-30(27)45-3)22-6-8-23(9-7-22)32(43)46-4;1-5-44-30(41)25-15-23(25)20-7-8-28(43-4)24(14-20)26-16-37-31(39-9-6-10-39)38-27(26)17-40-19(3)29(45-32(40)42)21-11-18(2)12-22(13-21)33(34,35)36/h6-14,21,25,32H,15-17H2,1-5H3;10-11,14-18,21-23,31H,5-9,12-13,19H2,1-4H3;7-8,11-14,16,19,23,25,29H,5-6,9-10,15,17H2,1-4H3/t21-,32-;21-,22?,23?,31-;19-,23?,25+,29-/m000/s1. The minimum atomic E-state index is -4.58. The van der Waals surface area contributed by atoms with Crippen LogP contribution < -0.4 is 24.2 Å². The number of amides is 3. The third-order valence-electron chi connectivity index (χ3n) is 27.5. The SMILES string of the molecule is CCOC(=O)[C@@H]1CC1c1ccc(OC)c(-c2cnc(N3CCC3)nc2CN2C(=O)O[C@H](c3cc(C)cc(C(F)(F)F)c3)[C@@H]2C)c1.COC(=O)C1CCC(c2ccc(OC)c(-c3cnc(N4CCC4)nc3CN3C(=O)O[C@H](c4cc(C)cc(C(F)(F)F)c4)[C@@H]3C)c2)CC1.COC(=O)c1ccc(-c2cc(-c3cnc(N4CC(F)C4)nc3CN3C(=O)O[C@H](c4cc(C)cc(C(F)(F)F)c4)[C@@H]3C)c(C)cc2F)c(C)c1. The highest BCUT2D eigenvalue weighted by Gasteiger charge is 2.49. The van der Waals surface area contributed by atoms with E-state index in [4.69, 9.17) is 52.8 Å². The number of halogens is 11. The van der Waals surface area contributed by atoms with E-state index in [1.165, 1.54) is 35.0 Å². The third-order valence-corrected chi connectivity index (χ3v) is 27.5. The number of aromatic nitrogens is 6. The third kappa shape index (κ3) is 21.5. The van der Waals surface area contributed by atoms with Gasteiger partial charge in [0.25, 0.3) is 0 Å². The first-order valence-electron chi connectivity index (χ1n) is 46.6. The molecule has 10 aromatic rings. The van der Waals surface area contributed by atoms with Gasteiger partial charge < -0.3 is 52.6 Å². The van der Waals surface area contributed by atoms with E-state index in [-0.39, 0.29) is 91.0 Å². The van der Waals surface area contributed by atoms with Crippen molar-refractivity contribution in [2.75, 3.05) is 89.0 Å². The molecule has 744 valence electrons. The van der Waals surface area contributed by atoms with Gasteiger partial charge in [0, 0.05) is 78.2 Å². The number of anilines is 3. The maximum absolute atomic E-state index is 15.6. The number of carbonyl (C=O) groups is 6. The van der Waals surface area contributed by atoms with Gasteiger partial charge >= 0.3 is 54.7 Å². The maximum atomic E-state index is 15.6. The first kappa shape index (κ1) is 100. The van der Waals surface area contributed by atoms with Gasteiger partial charge in [0.1, 0.15) is 41.8 Å². The van der Waals surface area contributed by atoms with E-state index in [1.807, 2.05) is 35.2 Å². The van der Waals surface area contributed by atoms with Crippen molar-refractivity contribution in [1.82, 2.24) is 44.6 Å². The molecule has 3 amide bonds. The summed E-state index contributed by atoms with van der Waals surface area (Å²) in [5.74, 6) is 1.09. The van der Waals surface area contributed by atoms with Crippen LogP contribution in [0.1, 0.15) is 203 Å². The molecule has 141 heavy (non-hydrogen) atoms. The van der Waals surface area contributed by atoms with Crippen molar-refractivity contribution in [2.24, 2.45) is 11.8 Å². The molecule has 8 atom stereocenters. The molecule has 18 rings (SSSR count). The van der Waals surface area contributed by atoms with Gasteiger partial charge in [-0.3, -0.25) is 24.3 Å². The smallest absolute Gasteiger partial charge is 0.416 e. The van der Waals surface area contributed by atoms with E-state index >= 15 is 4.39 Å². The summed E-state index contributed by atoms with van der Waals surface area (Å²) in [5, 5.41) is 0. The number of esters is 3. The van der Waals surface area contributed by atoms with Crippen LogP contribution in [0.2, 0.25) is 0 Å². The van der Waals surface area contributed by atoms with Gasteiger partial charge in [0.15, 0.2) is 0 Å². The fourth-order valence-electron chi connectivity index (χ4n) is 19.4. The first-order chi connectivity index (χ1) is 67.1. The molecule has 7 aromatic carbocycles. The summed E-state index contributed by atoms with van der Waals surface area (Å²) >= 11 is 0. The highest BCUT2D eigenvalue weighted by molar-refractivity contribution is 5.91. The lowest BCUT2D eigenvalue weighted by Gasteiger charge is -2.34. The van der Waals surface area contributed by atoms with Gasteiger partial charge in [-0.1, -0.05) is 53.1 Å². The number of alkyl halides is 10. The second-order valence-corrected chi connectivity index (χ2v) is 37.0. The molecular weight excluding hydrogens is 1850 g/mol. The van der Waals surface area contributed by atoms with Gasteiger partial charge in [0.2, 0.25) is 17.8 Å². The van der Waals surface area contributed by atoms with Gasteiger partial charge in [0.05, 0.1) is 137 Å². The molecule has 26 nitrogen and oxygen atoms in total. The monoisotopic (exact) mass is 1960 g/mol. The average molecular weight is 1960 g/mol. The number of cyclic esters (lactones) is 3. The first-order valence-corrected chi connectivity index (χ1v) is 46.6. The van der Waals surface area contributed by atoms with Crippen LogP contribution in [0, 0.1) is 52.3 Å². The summed E-state index contributed by atoms with van der Waals surface area (Å²) in [5.41, 5.74) is 9.27. The number of hydrogen-bond acceptors (Lipinski definition) is 23. The number of ether oxygens (including phenoxy) is 8. The number of benzene rings is 7. The van der Waals surface area contributed by atoms with Gasteiger partial charge in [-0.25, -0.2) is 57.9 Å². The molecule has 2 aliphatic carbocycles. The molecule has 8 fully saturated rings. The van der Waals surface area contributed by atoms with Crippen molar-refractivity contribution in [1.29, 1.82) is 0 Å². The highest BCUT2D eigenvalue weighted by atomic mass is 19.4. The van der Waals surface area contributed by atoms with E-state index in [0.717, 1.165) is 118 Å². The van der Waals surface area contributed by atoms with E-state index in [2.05, 4.69) is 25.9 Å². The van der Waals surface area contributed by atoms with Crippen molar-refractivity contribution in [3.05, 3.63) is 241 Å². The summed E-state index contributed by atoms with van der Waals surface area (Å²) in [6.45, 7) is 18.9. The molecule has 3 aromatic heterocycles. The highest BCUT2D eigenvalue weighted by Crippen LogP contribution is 2.52. The Hall–Kier alpha value is -13.8. The quantitative estimate of drug-likeness (QED) is 0.0309. The molecule has 0 N–H and O–H groups in total. The van der Waals surface area contributed by atoms with Crippen LogP contribution in [-0.2, 0) is 76.2 Å². The van der Waals surface area contributed by atoms with Crippen LogP contribution >= 0.6 is 0 Å². The molecule has 8 aliphatic rings. The van der Waals surface area contributed by atoms with Gasteiger partial charge in [-0.15, -0.1) is 0 Å². The lowest BCUT2D eigenvalue weighted by molar-refractivity contribution is -0.147. The minimum Gasteiger partial charge on any atom is -0.496 e. The molecule has 6 aliphatic heterocycles. The summed E-state index contributed by atoms with van der Waals surface area (Å²) in [7, 11) is 5.85. The lowest BCUT2D eigenvalue weighted by Crippen LogP contribution is -2.49. The zero-order valence-electron chi connectivity index (χ0n) is 79.9. The Labute approximate surface area is 807 Å². The average Bonchev–Trinajstić information content (AvgIpc) is 1.75. The van der Waals surface area contributed by atoms with Crippen molar-refractivity contribution < 1.29 is 115 Å². The van der Waals surface area contributed by atoms with Gasteiger partial charge in [-0.2, -0.15) is 39.5 Å². The maximum Gasteiger partial charge on any atom is 0.416 e. The Bertz CT molecular complexity index is 6440. The molecule has 0 radical (unpaired) electrons. The fraction of sp³-hybridized carbons (Fsp3) is 0.423. The van der Waals surface area contributed by atoms with E-state index < -0.39 is 108 Å². The second-order valence-electron chi connectivity index (χ2n) is 37.0. The molecule has 2 saturated carbocycles. The predicted octanol–water partition coefficient (Wildman–Crippen LogP) is 21.6. The topological polar surface area (TPSA) is 273 Å². The minimum absolute atomic E-state index is 0.0173. The molecular formula is C104H107F11N12O14. The molecule has 9 heterocycles. The number of methoxy groups -OCH3 is 4. The normalized spacial score (nSPS) is 21.1. The van der Waals surface area contributed by atoms with Gasteiger partial charge in [-0.05, 0) is 254 Å². The van der Waals surface area contributed by atoms with Crippen molar-refractivity contribution in [2.45, 2.75) is 200 Å². The zero-order valence-corrected chi connectivity index (χ0v) is 79.9. The number of aryl methyl sites for hydroxylation is 5. The van der Waals surface area contributed by atoms with E-state index in [1.54, 1.807) is 142 Å². The molecule has 6 saturated heterocycles. The van der Waals surface area contributed by atoms with E-state index in [9.17, 15) is 72.7 Å².